The predicted octanol–water partition coefficient (Wildman–Crippen LogP) is 6.09. The number of carbonyl (C=O) groups is 2. The summed E-state index contributed by atoms with van der Waals surface area (Å²) in [4.78, 5) is 47.4. The van der Waals surface area contributed by atoms with Crippen molar-refractivity contribution in [1.82, 2.24) is 19.8 Å². The van der Waals surface area contributed by atoms with E-state index in [-0.39, 0.29) is 43.2 Å². The number of rotatable bonds is 7. The summed E-state index contributed by atoms with van der Waals surface area (Å²) in [7, 11) is 0. The molecule has 0 bridgehead atoms. The molecule has 4 aromatic carbocycles. The molecule has 1 fully saturated rings. The van der Waals surface area contributed by atoms with E-state index in [0.29, 0.717) is 47.1 Å². The smallest absolute Gasteiger partial charge is 0.409 e. The number of piperazine rings is 1. The van der Waals surface area contributed by atoms with Gasteiger partial charge in [-0.25, -0.2) is 9.78 Å². The molecule has 0 atom stereocenters. The van der Waals surface area contributed by atoms with Crippen LogP contribution in [0.25, 0.3) is 22.0 Å². The predicted molar refractivity (Wildman–Crippen MR) is 183 cm³/mol. The minimum atomic E-state index is -0.333. The molecule has 9 nitrogen and oxygen atoms in total. The molecule has 1 aromatic heterocycles. The fraction of sp³-hybridized carbons (Fsp3) is 0.222. The van der Waals surface area contributed by atoms with Gasteiger partial charge >= 0.3 is 6.09 Å². The zero-order valence-electron chi connectivity index (χ0n) is 25.4. The molecule has 1 N–H and O–H groups in total. The van der Waals surface area contributed by atoms with Gasteiger partial charge in [0.25, 0.3) is 5.56 Å². The van der Waals surface area contributed by atoms with Crippen LogP contribution in [0, 0.1) is 0 Å². The van der Waals surface area contributed by atoms with E-state index in [2.05, 4.69) is 39.5 Å². The highest BCUT2D eigenvalue weighted by Gasteiger charge is 2.30. The molecule has 238 valence electrons. The molecule has 0 spiro atoms. The Bertz CT molecular complexity index is 2010. The number of anilines is 1. The van der Waals surface area contributed by atoms with Crippen molar-refractivity contribution in [2.45, 2.75) is 19.0 Å². The van der Waals surface area contributed by atoms with Gasteiger partial charge in [-0.15, -0.1) is 0 Å². The minimum absolute atomic E-state index is 0.0107. The Labute approximate surface area is 281 Å². The quantitative estimate of drug-likeness (QED) is 0.226. The van der Waals surface area contributed by atoms with E-state index < -0.39 is 0 Å². The Hall–Kier alpha value is -4.86. The van der Waals surface area contributed by atoms with Crippen LogP contribution in [0.15, 0.2) is 96.1 Å². The molecular weight excluding hydrogens is 637 g/mol. The topological polar surface area (TPSA) is 96.8 Å². The number of benzene rings is 4. The van der Waals surface area contributed by atoms with E-state index in [1.807, 2.05) is 30.3 Å². The van der Waals surface area contributed by atoms with Crippen molar-refractivity contribution >= 4 is 51.8 Å². The molecule has 7 rings (SSSR count). The number of ether oxygens (including phenoxy) is 1. The maximum Gasteiger partial charge on any atom is 0.409 e. The van der Waals surface area contributed by atoms with Gasteiger partial charge in [0.05, 0.1) is 27.3 Å². The number of amides is 2. The fourth-order valence-electron chi connectivity index (χ4n) is 6.35. The van der Waals surface area contributed by atoms with Crippen LogP contribution in [-0.4, -0.2) is 59.2 Å². The standard InChI is InChI=1S/C36H31Cl2N5O4/c37-31-11-9-23(17-32(31)38)19-39-34(44)20-43-22-40-33-12-10-24(18-29(33)35(43)45)41-13-15-42(16-14-41)36(46)47-21-30-27-7-3-1-5-25(27)26-6-2-4-8-28(26)30/h1-12,17-18,22,30H,13-16,19-21H2,(H,39,44). The number of hydrogen-bond acceptors (Lipinski definition) is 6. The first kappa shape index (κ1) is 30.8. The van der Waals surface area contributed by atoms with Gasteiger partial charge in [-0.2, -0.15) is 0 Å². The summed E-state index contributed by atoms with van der Waals surface area (Å²) >= 11 is 12.0. The molecule has 0 saturated carbocycles. The number of nitrogens with zero attached hydrogens (tertiary/aromatic N) is 4. The van der Waals surface area contributed by atoms with Crippen molar-refractivity contribution in [3.63, 3.8) is 0 Å². The number of fused-ring (bicyclic) bond motifs is 4. The normalized spacial score (nSPS) is 14.2. The molecule has 2 aliphatic rings. The Morgan fingerprint density at radius 1 is 0.851 bits per heavy atom. The highest BCUT2D eigenvalue weighted by molar-refractivity contribution is 6.42. The average Bonchev–Trinajstić information content (AvgIpc) is 3.42. The van der Waals surface area contributed by atoms with Crippen LogP contribution in [0.5, 0.6) is 0 Å². The monoisotopic (exact) mass is 667 g/mol. The summed E-state index contributed by atoms with van der Waals surface area (Å²) < 4.78 is 7.16. The molecule has 1 saturated heterocycles. The van der Waals surface area contributed by atoms with Crippen LogP contribution in [0.3, 0.4) is 0 Å². The van der Waals surface area contributed by atoms with Crippen molar-refractivity contribution < 1.29 is 14.3 Å². The highest BCUT2D eigenvalue weighted by Crippen LogP contribution is 2.44. The van der Waals surface area contributed by atoms with Gasteiger partial charge in [-0.3, -0.25) is 14.2 Å². The Morgan fingerprint density at radius 2 is 1.55 bits per heavy atom. The largest absolute Gasteiger partial charge is 0.448 e. The SMILES string of the molecule is O=C(Cn1cnc2ccc(N3CCN(C(=O)OCC4c5ccccc5-c5ccccc54)CC3)cc2c1=O)NCc1ccc(Cl)c(Cl)c1. The molecule has 0 unspecified atom stereocenters. The molecular formula is C36H31Cl2N5O4. The van der Waals surface area contributed by atoms with Crippen LogP contribution in [0.1, 0.15) is 22.6 Å². The lowest BCUT2D eigenvalue weighted by Crippen LogP contribution is -2.49. The average molecular weight is 669 g/mol. The second-order valence-electron chi connectivity index (χ2n) is 11.7. The van der Waals surface area contributed by atoms with Gasteiger partial charge in [0.1, 0.15) is 13.2 Å². The second kappa shape index (κ2) is 13.1. The minimum Gasteiger partial charge on any atom is -0.448 e. The van der Waals surface area contributed by atoms with Crippen molar-refractivity contribution in [2.75, 3.05) is 37.7 Å². The molecule has 1 aliphatic carbocycles. The number of carbonyl (C=O) groups excluding carboxylic acids is 2. The molecule has 11 heteroatoms. The molecule has 5 aromatic rings. The molecule has 1 aliphatic heterocycles. The number of hydrogen-bond donors (Lipinski definition) is 1. The summed E-state index contributed by atoms with van der Waals surface area (Å²) in [5.41, 5.74) is 6.63. The third-order valence-electron chi connectivity index (χ3n) is 8.83. The van der Waals surface area contributed by atoms with Crippen molar-refractivity contribution in [3.05, 3.63) is 128 Å². The van der Waals surface area contributed by atoms with Gasteiger partial charge in [0.15, 0.2) is 0 Å². The highest BCUT2D eigenvalue weighted by atomic mass is 35.5. The fourth-order valence-corrected chi connectivity index (χ4v) is 6.67. The van der Waals surface area contributed by atoms with E-state index in [9.17, 15) is 14.4 Å². The van der Waals surface area contributed by atoms with Gasteiger partial charge in [0.2, 0.25) is 5.91 Å². The third-order valence-corrected chi connectivity index (χ3v) is 9.57. The maximum absolute atomic E-state index is 13.4. The van der Waals surface area contributed by atoms with Gasteiger partial charge in [-0.05, 0) is 58.1 Å². The maximum atomic E-state index is 13.4. The number of aromatic nitrogens is 2. The molecule has 2 heterocycles. The first-order chi connectivity index (χ1) is 22.9. The lowest BCUT2D eigenvalue weighted by Gasteiger charge is -2.35. The number of halogens is 2. The van der Waals surface area contributed by atoms with Crippen LogP contribution in [0.4, 0.5) is 10.5 Å². The Morgan fingerprint density at radius 3 is 2.26 bits per heavy atom. The zero-order chi connectivity index (χ0) is 32.5. The summed E-state index contributed by atoms with van der Waals surface area (Å²) in [6.07, 6.45) is 1.06. The van der Waals surface area contributed by atoms with E-state index >= 15 is 0 Å². The van der Waals surface area contributed by atoms with E-state index in [4.69, 9.17) is 27.9 Å². The van der Waals surface area contributed by atoms with E-state index in [1.165, 1.54) is 33.1 Å². The second-order valence-corrected chi connectivity index (χ2v) is 12.5. The molecule has 47 heavy (non-hydrogen) atoms. The summed E-state index contributed by atoms with van der Waals surface area (Å²) in [5, 5.41) is 4.06. The van der Waals surface area contributed by atoms with Crippen LogP contribution in [-0.2, 0) is 22.6 Å². The lowest BCUT2D eigenvalue weighted by molar-refractivity contribution is -0.121. The Kier molecular flexibility index (Phi) is 8.58. The van der Waals surface area contributed by atoms with Crippen molar-refractivity contribution in [1.29, 1.82) is 0 Å². The zero-order valence-corrected chi connectivity index (χ0v) is 26.9. The van der Waals surface area contributed by atoms with Crippen LogP contribution >= 0.6 is 23.2 Å². The Balaban J connectivity index is 0.962. The van der Waals surface area contributed by atoms with Crippen LogP contribution in [0.2, 0.25) is 10.0 Å². The van der Waals surface area contributed by atoms with Crippen molar-refractivity contribution in [3.8, 4) is 11.1 Å². The first-order valence-electron chi connectivity index (χ1n) is 15.4. The summed E-state index contributed by atoms with van der Waals surface area (Å²) in [6, 6.07) is 27.2. The van der Waals surface area contributed by atoms with Crippen molar-refractivity contribution in [2.24, 2.45) is 0 Å². The van der Waals surface area contributed by atoms with Crippen LogP contribution < -0.4 is 15.8 Å². The van der Waals surface area contributed by atoms with Gasteiger partial charge in [-0.1, -0.05) is 77.8 Å². The summed E-state index contributed by atoms with van der Waals surface area (Å²) in [5.74, 6) is -0.323. The van der Waals surface area contributed by atoms with E-state index in [1.54, 1.807) is 35.2 Å². The lowest BCUT2D eigenvalue weighted by atomic mass is 9.98. The van der Waals surface area contributed by atoms with Gasteiger partial charge < -0.3 is 19.9 Å². The first-order valence-corrected chi connectivity index (χ1v) is 16.2. The molecule has 2 amide bonds. The third kappa shape index (κ3) is 6.28. The summed E-state index contributed by atoms with van der Waals surface area (Å²) in [6.45, 7) is 2.51. The van der Waals surface area contributed by atoms with E-state index in [0.717, 1.165) is 11.3 Å². The number of nitrogens with one attached hydrogen (secondary N) is 1. The van der Waals surface area contributed by atoms with Gasteiger partial charge in [0, 0.05) is 44.3 Å². The molecule has 0 radical (unpaired) electrons.